The molecule has 0 amide bonds. The Hall–Kier alpha value is -1.13. The SMILES string of the molecule is CC(N)c1ccc(N2CCCC2CN(C)C)cn1. The lowest BCUT2D eigenvalue weighted by molar-refractivity contribution is 0.372. The van der Waals surface area contributed by atoms with Gasteiger partial charge < -0.3 is 15.5 Å². The van der Waals surface area contributed by atoms with Crippen LogP contribution < -0.4 is 10.6 Å². The third kappa shape index (κ3) is 3.00. The fraction of sp³-hybridized carbons (Fsp3) is 0.643. The first-order valence-corrected chi connectivity index (χ1v) is 6.71. The monoisotopic (exact) mass is 248 g/mol. The van der Waals surface area contributed by atoms with Gasteiger partial charge in [-0.3, -0.25) is 4.98 Å². The van der Waals surface area contributed by atoms with Gasteiger partial charge in [-0.2, -0.15) is 0 Å². The maximum atomic E-state index is 5.83. The first kappa shape index (κ1) is 13.3. The van der Waals surface area contributed by atoms with Gasteiger partial charge in [-0.15, -0.1) is 0 Å². The Labute approximate surface area is 110 Å². The van der Waals surface area contributed by atoms with Crippen LogP contribution in [0.4, 0.5) is 5.69 Å². The average Bonchev–Trinajstić information content (AvgIpc) is 2.76. The molecular weight excluding hydrogens is 224 g/mol. The normalized spacial score (nSPS) is 21.6. The molecule has 2 N–H and O–H groups in total. The molecule has 2 atom stereocenters. The quantitative estimate of drug-likeness (QED) is 0.879. The molecule has 0 saturated carbocycles. The second kappa shape index (κ2) is 5.67. The Balaban J connectivity index is 2.10. The van der Waals surface area contributed by atoms with E-state index in [0.29, 0.717) is 6.04 Å². The van der Waals surface area contributed by atoms with Crippen molar-refractivity contribution in [2.75, 3.05) is 32.1 Å². The summed E-state index contributed by atoms with van der Waals surface area (Å²) >= 11 is 0. The Morgan fingerprint density at radius 3 is 2.83 bits per heavy atom. The van der Waals surface area contributed by atoms with E-state index in [4.69, 9.17) is 5.73 Å². The Morgan fingerprint density at radius 1 is 1.50 bits per heavy atom. The highest BCUT2D eigenvalue weighted by atomic mass is 15.2. The van der Waals surface area contributed by atoms with Crippen molar-refractivity contribution in [1.29, 1.82) is 0 Å². The lowest BCUT2D eigenvalue weighted by atomic mass is 10.2. The van der Waals surface area contributed by atoms with Crippen LogP contribution in [0.3, 0.4) is 0 Å². The lowest BCUT2D eigenvalue weighted by Crippen LogP contribution is -2.37. The van der Waals surface area contributed by atoms with Gasteiger partial charge in [0.25, 0.3) is 0 Å². The highest BCUT2D eigenvalue weighted by molar-refractivity contribution is 5.47. The second-order valence-corrected chi connectivity index (χ2v) is 5.48. The van der Waals surface area contributed by atoms with Crippen LogP contribution in [-0.2, 0) is 0 Å². The molecule has 1 aromatic rings. The van der Waals surface area contributed by atoms with Crippen molar-refractivity contribution in [2.24, 2.45) is 5.73 Å². The molecule has 1 saturated heterocycles. The number of pyridine rings is 1. The highest BCUT2D eigenvalue weighted by Gasteiger charge is 2.25. The van der Waals surface area contributed by atoms with Crippen LogP contribution in [0.25, 0.3) is 0 Å². The van der Waals surface area contributed by atoms with Gasteiger partial charge in [0, 0.05) is 25.2 Å². The molecule has 4 nitrogen and oxygen atoms in total. The molecule has 1 fully saturated rings. The minimum atomic E-state index is 0.00944. The van der Waals surface area contributed by atoms with Gasteiger partial charge >= 0.3 is 0 Å². The van der Waals surface area contributed by atoms with Gasteiger partial charge in [0.2, 0.25) is 0 Å². The van der Waals surface area contributed by atoms with Gasteiger partial charge in [-0.05, 0) is 46.0 Å². The largest absolute Gasteiger partial charge is 0.366 e. The molecule has 0 bridgehead atoms. The molecule has 4 heteroatoms. The number of hydrogen-bond acceptors (Lipinski definition) is 4. The van der Waals surface area contributed by atoms with Gasteiger partial charge in [-0.25, -0.2) is 0 Å². The average molecular weight is 248 g/mol. The Kier molecular flexibility index (Phi) is 4.19. The summed E-state index contributed by atoms with van der Waals surface area (Å²) in [6.45, 7) is 4.21. The fourth-order valence-corrected chi connectivity index (χ4v) is 2.62. The van der Waals surface area contributed by atoms with Crippen molar-refractivity contribution in [2.45, 2.75) is 31.8 Å². The minimum Gasteiger partial charge on any atom is -0.366 e. The van der Waals surface area contributed by atoms with Crippen molar-refractivity contribution in [3.8, 4) is 0 Å². The van der Waals surface area contributed by atoms with Crippen LogP contribution >= 0.6 is 0 Å². The van der Waals surface area contributed by atoms with E-state index in [-0.39, 0.29) is 6.04 Å². The number of rotatable bonds is 4. The molecule has 2 heterocycles. The minimum absolute atomic E-state index is 0.00944. The number of aromatic nitrogens is 1. The number of likely N-dealkylation sites (N-methyl/N-ethyl adjacent to an activating group) is 1. The topological polar surface area (TPSA) is 45.4 Å². The maximum absolute atomic E-state index is 5.83. The number of nitrogens with two attached hydrogens (primary N) is 1. The maximum Gasteiger partial charge on any atom is 0.0569 e. The molecular formula is C14H24N4. The molecule has 1 aromatic heterocycles. The van der Waals surface area contributed by atoms with Crippen molar-refractivity contribution in [3.05, 3.63) is 24.0 Å². The second-order valence-electron chi connectivity index (χ2n) is 5.48. The van der Waals surface area contributed by atoms with Gasteiger partial charge in [0.15, 0.2) is 0 Å². The van der Waals surface area contributed by atoms with Gasteiger partial charge in [-0.1, -0.05) is 0 Å². The molecule has 2 rings (SSSR count). The van der Waals surface area contributed by atoms with E-state index in [1.54, 1.807) is 0 Å². The van der Waals surface area contributed by atoms with E-state index in [0.717, 1.165) is 18.8 Å². The smallest absolute Gasteiger partial charge is 0.0569 e. The van der Waals surface area contributed by atoms with Crippen LogP contribution in [0.2, 0.25) is 0 Å². The van der Waals surface area contributed by atoms with Crippen LogP contribution in [0, 0.1) is 0 Å². The highest BCUT2D eigenvalue weighted by Crippen LogP contribution is 2.25. The summed E-state index contributed by atoms with van der Waals surface area (Å²) in [5.41, 5.74) is 8.01. The lowest BCUT2D eigenvalue weighted by Gasteiger charge is -2.28. The van der Waals surface area contributed by atoms with E-state index in [1.807, 2.05) is 19.2 Å². The predicted molar refractivity (Wildman–Crippen MR) is 75.8 cm³/mol. The van der Waals surface area contributed by atoms with E-state index in [9.17, 15) is 0 Å². The van der Waals surface area contributed by atoms with Crippen LogP contribution in [-0.4, -0.2) is 43.1 Å². The number of anilines is 1. The van der Waals surface area contributed by atoms with E-state index >= 15 is 0 Å². The molecule has 100 valence electrons. The third-order valence-electron chi connectivity index (χ3n) is 3.52. The number of hydrogen-bond donors (Lipinski definition) is 1. The zero-order valence-electron chi connectivity index (χ0n) is 11.6. The summed E-state index contributed by atoms with van der Waals surface area (Å²) in [5.74, 6) is 0. The molecule has 1 aliphatic rings. The Bertz CT molecular complexity index is 372. The molecule has 0 radical (unpaired) electrons. The first-order valence-electron chi connectivity index (χ1n) is 6.71. The molecule has 0 aliphatic carbocycles. The molecule has 2 unspecified atom stereocenters. The van der Waals surface area contributed by atoms with Crippen molar-refractivity contribution >= 4 is 5.69 Å². The van der Waals surface area contributed by atoms with E-state index < -0.39 is 0 Å². The fourth-order valence-electron chi connectivity index (χ4n) is 2.62. The summed E-state index contributed by atoms with van der Waals surface area (Å²) in [4.78, 5) is 9.18. The van der Waals surface area contributed by atoms with Crippen molar-refractivity contribution in [3.63, 3.8) is 0 Å². The molecule has 1 aliphatic heterocycles. The van der Waals surface area contributed by atoms with Crippen molar-refractivity contribution < 1.29 is 0 Å². The zero-order chi connectivity index (χ0) is 13.1. The summed E-state index contributed by atoms with van der Waals surface area (Å²) in [6.07, 6.45) is 4.51. The summed E-state index contributed by atoms with van der Waals surface area (Å²) < 4.78 is 0. The predicted octanol–water partition coefficient (Wildman–Crippen LogP) is 1.63. The van der Waals surface area contributed by atoms with Gasteiger partial charge in [0.05, 0.1) is 17.6 Å². The van der Waals surface area contributed by atoms with Crippen LogP contribution in [0.15, 0.2) is 18.3 Å². The van der Waals surface area contributed by atoms with E-state index in [1.165, 1.54) is 18.5 Å². The van der Waals surface area contributed by atoms with E-state index in [2.05, 4.69) is 34.9 Å². The zero-order valence-corrected chi connectivity index (χ0v) is 11.6. The summed E-state index contributed by atoms with van der Waals surface area (Å²) in [5, 5.41) is 0. The third-order valence-corrected chi connectivity index (χ3v) is 3.52. The van der Waals surface area contributed by atoms with Crippen LogP contribution in [0.5, 0.6) is 0 Å². The molecule has 0 aromatic carbocycles. The first-order chi connectivity index (χ1) is 8.58. The van der Waals surface area contributed by atoms with Crippen LogP contribution in [0.1, 0.15) is 31.5 Å². The Morgan fingerprint density at radius 2 is 2.28 bits per heavy atom. The summed E-state index contributed by atoms with van der Waals surface area (Å²) in [6, 6.07) is 4.82. The van der Waals surface area contributed by atoms with Crippen molar-refractivity contribution in [1.82, 2.24) is 9.88 Å². The molecule has 0 spiro atoms. The summed E-state index contributed by atoms with van der Waals surface area (Å²) in [7, 11) is 4.27. The standard InChI is InChI=1S/C14H24N4/c1-11(15)14-7-6-12(9-16-14)18-8-4-5-13(18)10-17(2)3/h6-7,9,11,13H,4-5,8,10,15H2,1-3H3. The number of nitrogens with zero attached hydrogens (tertiary/aromatic N) is 3. The van der Waals surface area contributed by atoms with Gasteiger partial charge in [0.1, 0.15) is 0 Å². The molecule has 18 heavy (non-hydrogen) atoms.